The third-order valence-electron chi connectivity index (χ3n) is 4.27. The molecular weight excluding hydrogens is 413 g/mol. The maximum atomic E-state index is 6.10. The van der Waals surface area contributed by atoms with Crippen LogP contribution < -0.4 is 11.1 Å². The Morgan fingerprint density at radius 2 is 2.17 bits per heavy atom. The molecule has 3 N–H and O–H groups in total. The van der Waals surface area contributed by atoms with Crippen LogP contribution in [0.2, 0.25) is 0 Å². The van der Waals surface area contributed by atoms with Crippen molar-refractivity contribution in [2.75, 3.05) is 31.5 Å². The van der Waals surface area contributed by atoms with Gasteiger partial charge >= 0.3 is 0 Å². The predicted octanol–water partition coefficient (Wildman–Crippen LogP) is 3.31. The van der Waals surface area contributed by atoms with Gasteiger partial charge in [0.1, 0.15) is 5.82 Å². The molecule has 0 bridgehead atoms. The highest BCUT2D eigenvalue weighted by Gasteiger charge is 2.17. The lowest BCUT2D eigenvalue weighted by Crippen LogP contribution is -2.43. The van der Waals surface area contributed by atoms with Gasteiger partial charge < -0.3 is 16.0 Å². The molecule has 1 aliphatic heterocycles. The molecule has 0 amide bonds. The first-order valence-electron chi connectivity index (χ1n) is 8.37. The number of fused-ring (bicyclic) bond motifs is 1. The van der Waals surface area contributed by atoms with Crippen molar-refractivity contribution in [2.24, 2.45) is 16.6 Å². The van der Waals surface area contributed by atoms with Gasteiger partial charge in [-0.3, -0.25) is 4.99 Å². The summed E-state index contributed by atoms with van der Waals surface area (Å²) >= 11 is 0. The number of guanidine groups is 1. The van der Waals surface area contributed by atoms with Crippen LogP contribution in [0.3, 0.4) is 0 Å². The molecule has 5 nitrogen and oxygen atoms in total. The number of aromatic nitrogens is 1. The van der Waals surface area contributed by atoms with Gasteiger partial charge in [0.2, 0.25) is 0 Å². The Bertz CT molecular complexity index is 688. The fraction of sp³-hybridized carbons (Fsp3) is 0.444. The van der Waals surface area contributed by atoms with Gasteiger partial charge in [-0.05, 0) is 37.0 Å². The average molecular weight is 439 g/mol. The Morgan fingerprint density at radius 3 is 3.00 bits per heavy atom. The number of benzene rings is 1. The van der Waals surface area contributed by atoms with Crippen LogP contribution in [0, 0.1) is 5.92 Å². The molecule has 1 saturated heterocycles. The molecule has 1 fully saturated rings. The van der Waals surface area contributed by atoms with E-state index in [9.17, 15) is 0 Å². The topological polar surface area (TPSA) is 66.5 Å². The maximum absolute atomic E-state index is 6.10. The standard InChI is InChI=1S/C18H25N5.HI/c1-14-5-4-12-23(13-14)18(19)21-11-10-20-17-9-8-15-6-2-3-7-16(15)22-17;/h2-3,6-9,14H,4-5,10-13H2,1H3,(H2,19,21)(H,20,22);1H. The molecule has 3 rings (SSSR count). The molecule has 2 aromatic rings. The van der Waals surface area contributed by atoms with E-state index in [0.717, 1.165) is 36.4 Å². The molecule has 0 aliphatic carbocycles. The second-order valence-electron chi connectivity index (χ2n) is 6.25. The number of hydrogen-bond acceptors (Lipinski definition) is 3. The van der Waals surface area contributed by atoms with Crippen LogP contribution in [0.25, 0.3) is 10.9 Å². The monoisotopic (exact) mass is 439 g/mol. The zero-order chi connectivity index (χ0) is 16.1. The summed E-state index contributed by atoms with van der Waals surface area (Å²) in [5.41, 5.74) is 7.10. The van der Waals surface area contributed by atoms with Crippen LogP contribution in [0.4, 0.5) is 5.82 Å². The summed E-state index contributed by atoms with van der Waals surface area (Å²) in [6.07, 6.45) is 2.50. The average Bonchev–Trinajstić information content (AvgIpc) is 2.58. The molecule has 1 unspecified atom stereocenters. The first-order chi connectivity index (χ1) is 11.2. The molecule has 1 aromatic carbocycles. The van der Waals surface area contributed by atoms with Crippen molar-refractivity contribution in [3.8, 4) is 0 Å². The van der Waals surface area contributed by atoms with E-state index in [1.54, 1.807) is 0 Å². The molecule has 1 aliphatic rings. The van der Waals surface area contributed by atoms with Crippen molar-refractivity contribution >= 4 is 46.7 Å². The minimum absolute atomic E-state index is 0. The van der Waals surface area contributed by atoms with Crippen molar-refractivity contribution in [3.63, 3.8) is 0 Å². The van der Waals surface area contributed by atoms with Crippen molar-refractivity contribution in [3.05, 3.63) is 36.4 Å². The Labute approximate surface area is 160 Å². The first kappa shape index (κ1) is 18.8. The van der Waals surface area contributed by atoms with Crippen molar-refractivity contribution in [1.29, 1.82) is 0 Å². The molecular formula is C18H26IN5. The van der Waals surface area contributed by atoms with E-state index in [1.807, 2.05) is 24.3 Å². The minimum atomic E-state index is 0. The van der Waals surface area contributed by atoms with Gasteiger partial charge in [-0.1, -0.05) is 25.1 Å². The fourth-order valence-electron chi connectivity index (χ4n) is 3.02. The number of anilines is 1. The van der Waals surface area contributed by atoms with Crippen LogP contribution in [0.5, 0.6) is 0 Å². The van der Waals surface area contributed by atoms with Crippen LogP contribution in [0.15, 0.2) is 41.4 Å². The number of likely N-dealkylation sites (tertiary alicyclic amines) is 1. The third-order valence-corrected chi connectivity index (χ3v) is 4.27. The van der Waals surface area contributed by atoms with E-state index < -0.39 is 0 Å². The fourth-order valence-corrected chi connectivity index (χ4v) is 3.02. The Hall–Kier alpha value is -1.57. The van der Waals surface area contributed by atoms with Crippen molar-refractivity contribution < 1.29 is 0 Å². The largest absolute Gasteiger partial charge is 0.370 e. The summed E-state index contributed by atoms with van der Waals surface area (Å²) in [5.74, 6) is 2.26. The number of nitrogens with two attached hydrogens (primary N) is 1. The number of piperidine rings is 1. The van der Waals surface area contributed by atoms with E-state index in [4.69, 9.17) is 5.73 Å². The number of hydrogen-bond donors (Lipinski definition) is 2. The number of pyridine rings is 1. The lowest BCUT2D eigenvalue weighted by atomic mass is 10.0. The zero-order valence-corrected chi connectivity index (χ0v) is 16.4. The Morgan fingerprint density at radius 1 is 1.33 bits per heavy atom. The van der Waals surface area contributed by atoms with Crippen LogP contribution in [0.1, 0.15) is 19.8 Å². The van der Waals surface area contributed by atoms with Gasteiger partial charge in [-0.25, -0.2) is 4.98 Å². The van der Waals surface area contributed by atoms with E-state index >= 15 is 0 Å². The smallest absolute Gasteiger partial charge is 0.191 e. The van der Waals surface area contributed by atoms with Crippen LogP contribution >= 0.6 is 24.0 Å². The molecule has 0 radical (unpaired) electrons. The third kappa shape index (κ3) is 4.96. The highest BCUT2D eigenvalue weighted by molar-refractivity contribution is 14.0. The number of para-hydroxylation sites is 1. The van der Waals surface area contributed by atoms with Gasteiger partial charge in [0.25, 0.3) is 0 Å². The van der Waals surface area contributed by atoms with E-state index in [-0.39, 0.29) is 24.0 Å². The van der Waals surface area contributed by atoms with Crippen molar-refractivity contribution in [1.82, 2.24) is 9.88 Å². The second kappa shape index (κ2) is 9.05. The Kier molecular flexibility index (Phi) is 7.08. The number of nitrogens with one attached hydrogen (secondary N) is 1. The minimum Gasteiger partial charge on any atom is -0.370 e. The summed E-state index contributed by atoms with van der Waals surface area (Å²) in [5, 5.41) is 4.46. The lowest BCUT2D eigenvalue weighted by molar-refractivity contribution is 0.270. The summed E-state index contributed by atoms with van der Waals surface area (Å²) in [6, 6.07) is 12.2. The van der Waals surface area contributed by atoms with Crippen molar-refractivity contribution in [2.45, 2.75) is 19.8 Å². The highest BCUT2D eigenvalue weighted by atomic mass is 127. The molecule has 1 atom stereocenters. The van der Waals surface area contributed by atoms with Gasteiger partial charge in [-0.2, -0.15) is 0 Å². The maximum Gasteiger partial charge on any atom is 0.191 e. The molecule has 2 heterocycles. The van der Waals surface area contributed by atoms with Gasteiger partial charge in [-0.15, -0.1) is 24.0 Å². The quantitative estimate of drug-likeness (QED) is 0.332. The highest BCUT2D eigenvalue weighted by Crippen LogP contribution is 2.15. The molecule has 130 valence electrons. The van der Waals surface area contributed by atoms with Crippen LogP contribution in [-0.4, -0.2) is 42.0 Å². The second-order valence-corrected chi connectivity index (χ2v) is 6.25. The first-order valence-corrected chi connectivity index (χ1v) is 8.37. The zero-order valence-electron chi connectivity index (χ0n) is 14.1. The van der Waals surface area contributed by atoms with Crippen LogP contribution in [-0.2, 0) is 0 Å². The van der Waals surface area contributed by atoms with E-state index in [0.29, 0.717) is 18.4 Å². The molecule has 0 saturated carbocycles. The predicted molar refractivity (Wildman–Crippen MR) is 112 cm³/mol. The summed E-state index contributed by atoms with van der Waals surface area (Å²) in [6.45, 7) is 5.71. The van der Waals surface area contributed by atoms with Gasteiger partial charge in [0.15, 0.2) is 5.96 Å². The number of rotatable bonds is 4. The molecule has 6 heteroatoms. The van der Waals surface area contributed by atoms with Gasteiger partial charge in [0, 0.05) is 25.0 Å². The normalized spacial score (nSPS) is 18.3. The van der Waals surface area contributed by atoms with E-state index in [2.05, 4.69) is 39.2 Å². The number of nitrogens with zero attached hydrogens (tertiary/aromatic N) is 3. The SMILES string of the molecule is CC1CCCN(C(N)=NCCNc2ccc3ccccc3n2)C1.I. The summed E-state index contributed by atoms with van der Waals surface area (Å²) < 4.78 is 0. The molecule has 1 aromatic heterocycles. The lowest BCUT2D eigenvalue weighted by Gasteiger charge is -2.31. The number of halogens is 1. The van der Waals surface area contributed by atoms with E-state index in [1.165, 1.54) is 12.8 Å². The molecule has 0 spiro atoms. The van der Waals surface area contributed by atoms with Gasteiger partial charge in [0.05, 0.1) is 12.1 Å². The Balaban J connectivity index is 0.00000208. The molecule has 24 heavy (non-hydrogen) atoms. The summed E-state index contributed by atoms with van der Waals surface area (Å²) in [7, 11) is 0. The number of aliphatic imine (C=N–C) groups is 1. The summed E-state index contributed by atoms with van der Waals surface area (Å²) in [4.78, 5) is 11.3.